The van der Waals surface area contributed by atoms with Gasteiger partial charge in [-0.05, 0) is 6.92 Å². The lowest BCUT2D eigenvalue weighted by molar-refractivity contribution is 0.602. The maximum absolute atomic E-state index is 11.4. The molecule has 0 saturated carbocycles. The van der Waals surface area contributed by atoms with E-state index in [2.05, 4.69) is 15.1 Å². The lowest BCUT2D eigenvalue weighted by atomic mass is 10.3. The zero-order chi connectivity index (χ0) is 14.2. The van der Waals surface area contributed by atoms with Crippen molar-refractivity contribution in [2.24, 2.45) is 5.73 Å². The molecule has 0 atom stereocenters. The molecular weight excluding hydrogens is 268 g/mol. The second-order valence-corrected chi connectivity index (χ2v) is 5.98. The van der Waals surface area contributed by atoms with Crippen molar-refractivity contribution in [1.82, 2.24) is 19.7 Å². The van der Waals surface area contributed by atoms with Crippen LogP contribution in [-0.2, 0) is 9.84 Å². The van der Waals surface area contributed by atoms with Gasteiger partial charge in [-0.3, -0.25) is 5.41 Å². The zero-order valence-electron chi connectivity index (χ0n) is 10.3. The molecule has 0 unspecified atom stereocenters. The molecule has 0 aliphatic heterocycles. The van der Waals surface area contributed by atoms with E-state index in [9.17, 15) is 8.42 Å². The van der Waals surface area contributed by atoms with Crippen LogP contribution in [-0.4, -0.2) is 40.3 Å². The average Bonchev–Trinajstić information content (AvgIpc) is 2.77. The number of aryl methyl sites for hydroxylation is 1. The highest BCUT2D eigenvalue weighted by Gasteiger charge is 2.15. The Bertz CT molecular complexity index is 749. The summed E-state index contributed by atoms with van der Waals surface area (Å²) in [7, 11) is -3.34. The Morgan fingerprint density at radius 1 is 1.42 bits per heavy atom. The van der Waals surface area contributed by atoms with Gasteiger partial charge in [-0.2, -0.15) is 5.10 Å². The Kier molecular flexibility index (Phi) is 3.06. The van der Waals surface area contributed by atoms with Crippen LogP contribution >= 0.6 is 0 Å². The third-order valence-corrected chi connectivity index (χ3v) is 3.45. The van der Waals surface area contributed by atoms with Gasteiger partial charge in [-0.1, -0.05) is 0 Å². The highest BCUT2D eigenvalue weighted by molar-refractivity contribution is 7.90. The number of nitrogens with zero attached hydrogens (tertiary/aromatic N) is 4. The second kappa shape index (κ2) is 4.43. The second-order valence-electron chi connectivity index (χ2n) is 3.96. The average molecular weight is 280 g/mol. The molecule has 0 spiro atoms. The van der Waals surface area contributed by atoms with Crippen LogP contribution in [0.1, 0.15) is 11.4 Å². The summed E-state index contributed by atoms with van der Waals surface area (Å²) < 4.78 is 24.1. The van der Waals surface area contributed by atoms with Crippen molar-refractivity contribution in [3.8, 4) is 5.82 Å². The Morgan fingerprint density at radius 3 is 2.63 bits per heavy atom. The smallest absolute Gasteiger partial charge is 0.178 e. The molecule has 0 aliphatic rings. The number of nitrogens with two attached hydrogens (primary N) is 1. The molecule has 0 bridgehead atoms. The summed E-state index contributed by atoms with van der Waals surface area (Å²) in [4.78, 5) is 8.15. The minimum absolute atomic E-state index is 0.0678. The molecule has 0 radical (unpaired) electrons. The number of hydrogen-bond acceptors (Lipinski definition) is 6. The van der Waals surface area contributed by atoms with E-state index in [4.69, 9.17) is 11.1 Å². The first-order valence-electron chi connectivity index (χ1n) is 5.22. The predicted octanol–water partition coefficient (Wildman–Crippen LogP) is -0.342. The first-order valence-corrected chi connectivity index (χ1v) is 7.11. The van der Waals surface area contributed by atoms with Crippen LogP contribution in [0.3, 0.4) is 0 Å². The van der Waals surface area contributed by atoms with E-state index in [0.717, 1.165) is 6.26 Å². The number of sulfone groups is 1. The number of hydrogen-bond donors (Lipinski definition) is 2. The van der Waals surface area contributed by atoms with Crippen molar-refractivity contribution in [3.63, 3.8) is 0 Å². The molecule has 100 valence electrons. The van der Waals surface area contributed by atoms with Gasteiger partial charge >= 0.3 is 0 Å². The van der Waals surface area contributed by atoms with Crippen LogP contribution in [0.5, 0.6) is 0 Å². The van der Waals surface area contributed by atoms with Gasteiger partial charge in [0, 0.05) is 12.5 Å². The van der Waals surface area contributed by atoms with Gasteiger partial charge in [-0.15, -0.1) is 0 Å². The molecule has 9 heteroatoms. The largest absolute Gasteiger partial charge is 0.384 e. The SMILES string of the molecule is Cc1ncc(C(=N)N)c(-n2cc(S(C)(=O)=O)cn2)n1. The standard InChI is InChI=1S/C10H12N6O2S/c1-6-13-4-8(9(11)12)10(15-6)16-5-7(3-14-16)19(2,17)18/h3-5H,1-2H3,(H3,11,12). The van der Waals surface area contributed by atoms with Crippen molar-refractivity contribution >= 4 is 15.7 Å². The van der Waals surface area contributed by atoms with E-state index in [0.29, 0.717) is 5.82 Å². The summed E-state index contributed by atoms with van der Waals surface area (Å²) in [6.45, 7) is 1.67. The highest BCUT2D eigenvalue weighted by Crippen LogP contribution is 2.13. The van der Waals surface area contributed by atoms with Gasteiger partial charge in [0.25, 0.3) is 0 Å². The van der Waals surface area contributed by atoms with Crippen molar-refractivity contribution in [2.75, 3.05) is 6.26 Å². The maximum Gasteiger partial charge on any atom is 0.178 e. The number of nitrogen functional groups attached to an aromatic ring is 1. The van der Waals surface area contributed by atoms with Gasteiger partial charge < -0.3 is 5.73 Å². The van der Waals surface area contributed by atoms with E-state index < -0.39 is 9.84 Å². The molecule has 8 nitrogen and oxygen atoms in total. The van der Waals surface area contributed by atoms with Crippen LogP contribution in [0.15, 0.2) is 23.5 Å². The number of rotatable bonds is 3. The maximum atomic E-state index is 11.4. The number of aromatic nitrogens is 4. The highest BCUT2D eigenvalue weighted by atomic mass is 32.2. The van der Waals surface area contributed by atoms with Crippen molar-refractivity contribution < 1.29 is 8.42 Å². The van der Waals surface area contributed by atoms with Crippen LogP contribution in [0.2, 0.25) is 0 Å². The summed E-state index contributed by atoms with van der Waals surface area (Å²) in [5.74, 6) is 0.526. The molecule has 0 aromatic carbocycles. The third-order valence-electron chi connectivity index (χ3n) is 2.38. The fourth-order valence-corrected chi connectivity index (χ4v) is 1.97. The zero-order valence-corrected chi connectivity index (χ0v) is 11.1. The first kappa shape index (κ1) is 13.1. The van der Waals surface area contributed by atoms with E-state index in [1.807, 2.05) is 0 Å². The van der Waals surface area contributed by atoms with Gasteiger partial charge in [0.1, 0.15) is 16.6 Å². The fourth-order valence-electron chi connectivity index (χ4n) is 1.44. The summed E-state index contributed by atoms with van der Waals surface area (Å²) in [5.41, 5.74) is 5.72. The van der Waals surface area contributed by atoms with E-state index >= 15 is 0 Å². The summed E-state index contributed by atoms with van der Waals surface area (Å²) in [6.07, 6.45) is 5.04. The Morgan fingerprint density at radius 2 is 2.11 bits per heavy atom. The lowest BCUT2D eigenvalue weighted by Gasteiger charge is -2.07. The van der Waals surface area contributed by atoms with Crippen molar-refractivity contribution in [3.05, 3.63) is 30.0 Å². The molecule has 3 N–H and O–H groups in total. The quantitative estimate of drug-likeness (QED) is 0.584. The Balaban J connectivity index is 2.62. The normalized spacial score (nSPS) is 11.5. The lowest BCUT2D eigenvalue weighted by Crippen LogP contribution is -2.17. The molecular formula is C10H12N6O2S. The summed E-state index contributed by atoms with van der Waals surface area (Å²) in [5, 5.41) is 11.4. The number of amidine groups is 1. The van der Waals surface area contributed by atoms with Crippen molar-refractivity contribution in [2.45, 2.75) is 11.8 Å². The molecule has 0 saturated heterocycles. The predicted molar refractivity (Wildman–Crippen MR) is 68.0 cm³/mol. The van der Waals surface area contributed by atoms with E-state index in [1.54, 1.807) is 6.92 Å². The van der Waals surface area contributed by atoms with Crippen LogP contribution < -0.4 is 5.73 Å². The Labute approximate surface area is 109 Å². The van der Waals surface area contributed by atoms with Gasteiger partial charge in [0.15, 0.2) is 15.7 Å². The monoisotopic (exact) mass is 280 g/mol. The first-order chi connectivity index (χ1) is 8.79. The molecule has 19 heavy (non-hydrogen) atoms. The summed E-state index contributed by atoms with van der Waals surface area (Å²) >= 11 is 0. The van der Waals surface area contributed by atoms with Gasteiger partial charge in [0.2, 0.25) is 0 Å². The van der Waals surface area contributed by atoms with E-state index in [-0.39, 0.29) is 22.1 Å². The molecule has 0 amide bonds. The minimum atomic E-state index is -3.34. The Hall–Kier alpha value is -2.29. The molecule has 2 rings (SSSR count). The molecule has 2 aromatic heterocycles. The fraction of sp³-hybridized carbons (Fsp3) is 0.200. The number of nitrogens with one attached hydrogen (secondary N) is 1. The van der Waals surface area contributed by atoms with Gasteiger partial charge in [-0.25, -0.2) is 23.1 Å². The van der Waals surface area contributed by atoms with Gasteiger partial charge in [0.05, 0.1) is 18.0 Å². The minimum Gasteiger partial charge on any atom is -0.384 e. The third kappa shape index (κ3) is 2.60. The molecule has 2 heterocycles. The topological polar surface area (TPSA) is 128 Å². The van der Waals surface area contributed by atoms with Crippen LogP contribution in [0, 0.1) is 12.3 Å². The molecule has 0 aliphatic carbocycles. The van der Waals surface area contributed by atoms with Crippen LogP contribution in [0.25, 0.3) is 5.82 Å². The summed E-state index contributed by atoms with van der Waals surface area (Å²) in [6, 6.07) is 0. The molecule has 2 aromatic rings. The van der Waals surface area contributed by atoms with E-state index in [1.165, 1.54) is 23.3 Å². The van der Waals surface area contributed by atoms with Crippen molar-refractivity contribution in [1.29, 1.82) is 5.41 Å². The van der Waals surface area contributed by atoms with Crippen LogP contribution in [0.4, 0.5) is 0 Å². The molecule has 0 fully saturated rings.